The summed E-state index contributed by atoms with van der Waals surface area (Å²) >= 11 is 0. The van der Waals surface area contributed by atoms with Crippen molar-refractivity contribution < 1.29 is 10.0 Å². The molecule has 1 unspecified atom stereocenters. The molecule has 4 N–H and O–H groups in total. The summed E-state index contributed by atoms with van der Waals surface area (Å²) in [6.45, 7) is 4.47. The van der Waals surface area contributed by atoms with Gasteiger partial charge in [-0.25, -0.2) is 0 Å². The number of carbonyl (C=O) groups is 1. The molecule has 1 amide bonds. The molecule has 1 saturated carbocycles. The molecule has 5 nitrogen and oxygen atoms in total. The number of amides is 1. The van der Waals surface area contributed by atoms with Crippen LogP contribution in [0.15, 0.2) is 5.16 Å². The van der Waals surface area contributed by atoms with Crippen molar-refractivity contribution >= 4 is 11.7 Å². The Morgan fingerprint density at radius 2 is 2.19 bits per heavy atom. The molecule has 0 aliphatic heterocycles. The predicted octanol–water partition coefficient (Wildman–Crippen LogP) is 0.921. The number of nitrogens with one attached hydrogen (secondary N) is 1. The van der Waals surface area contributed by atoms with Crippen molar-refractivity contribution in [3.05, 3.63) is 0 Å². The van der Waals surface area contributed by atoms with Crippen LogP contribution in [0.4, 0.5) is 0 Å². The van der Waals surface area contributed by atoms with Crippen molar-refractivity contribution in [2.24, 2.45) is 28.6 Å². The summed E-state index contributed by atoms with van der Waals surface area (Å²) in [7, 11) is 0. The fourth-order valence-corrected chi connectivity index (χ4v) is 1.89. The van der Waals surface area contributed by atoms with E-state index in [0.717, 1.165) is 0 Å². The number of amidine groups is 1. The fraction of sp³-hybridized carbons (Fsp3) is 0.818. The maximum atomic E-state index is 11.8. The van der Waals surface area contributed by atoms with Crippen molar-refractivity contribution in [1.82, 2.24) is 5.32 Å². The molecule has 1 aliphatic carbocycles. The highest BCUT2D eigenvalue weighted by molar-refractivity contribution is 6.02. The minimum Gasteiger partial charge on any atom is -0.409 e. The molecule has 0 saturated heterocycles. The Hall–Kier alpha value is -1.26. The Balaban J connectivity index is 2.46. The molecule has 0 bridgehead atoms. The zero-order valence-corrected chi connectivity index (χ0v) is 9.94. The average Bonchev–Trinajstić information content (AvgIpc) is 2.14. The van der Waals surface area contributed by atoms with Gasteiger partial charge in [0.25, 0.3) is 0 Å². The van der Waals surface area contributed by atoms with Crippen LogP contribution < -0.4 is 11.1 Å². The molecule has 0 spiro atoms. The summed E-state index contributed by atoms with van der Waals surface area (Å²) < 4.78 is 0. The lowest BCUT2D eigenvalue weighted by molar-refractivity contribution is -0.124. The van der Waals surface area contributed by atoms with E-state index in [1.165, 1.54) is 19.3 Å². The van der Waals surface area contributed by atoms with Crippen LogP contribution in [0.25, 0.3) is 0 Å². The van der Waals surface area contributed by atoms with Gasteiger partial charge in [0.15, 0.2) is 5.84 Å². The van der Waals surface area contributed by atoms with Crippen molar-refractivity contribution in [3.63, 3.8) is 0 Å². The Kier molecular flexibility index (Phi) is 4.58. The van der Waals surface area contributed by atoms with E-state index < -0.39 is 5.92 Å². The SMILES string of the molecule is CC(C)C(C(=O)NCC1CCC1)C(N)=NO. The highest BCUT2D eigenvalue weighted by atomic mass is 16.4. The first-order valence-corrected chi connectivity index (χ1v) is 5.81. The standard InChI is InChI=1S/C11H21N3O2/c1-7(2)9(10(12)14-16)11(15)13-6-8-4-3-5-8/h7-9,16H,3-6H2,1-2H3,(H2,12,14)(H,13,15). The minimum absolute atomic E-state index is 0.0129. The molecular weight excluding hydrogens is 206 g/mol. The van der Waals surface area contributed by atoms with E-state index in [1.807, 2.05) is 13.8 Å². The van der Waals surface area contributed by atoms with Crippen LogP contribution in [0.1, 0.15) is 33.1 Å². The lowest BCUT2D eigenvalue weighted by Gasteiger charge is -2.27. The van der Waals surface area contributed by atoms with E-state index in [0.29, 0.717) is 12.5 Å². The topological polar surface area (TPSA) is 87.7 Å². The van der Waals surface area contributed by atoms with Gasteiger partial charge < -0.3 is 16.3 Å². The van der Waals surface area contributed by atoms with Crippen LogP contribution in [0.2, 0.25) is 0 Å². The molecule has 0 radical (unpaired) electrons. The van der Waals surface area contributed by atoms with Gasteiger partial charge in [0.1, 0.15) is 5.92 Å². The minimum atomic E-state index is -0.537. The Morgan fingerprint density at radius 3 is 2.56 bits per heavy atom. The summed E-state index contributed by atoms with van der Waals surface area (Å²) in [4.78, 5) is 11.8. The van der Waals surface area contributed by atoms with E-state index in [-0.39, 0.29) is 17.7 Å². The van der Waals surface area contributed by atoms with Gasteiger partial charge in [-0.1, -0.05) is 25.4 Å². The number of hydrogen-bond acceptors (Lipinski definition) is 3. The number of carbonyl (C=O) groups excluding carboxylic acids is 1. The maximum absolute atomic E-state index is 11.8. The van der Waals surface area contributed by atoms with E-state index in [1.54, 1.807) is 0 Å². The van der Waals surface area contributed by atoms with Crippen molar-refractivity contribution in [2.45, 2.75) is 33.1 Å². The zero-order chi connectivity index (χ0) is 12.1. The number of nitrogens with two attached hydrogens (primary N) is 1. The summed E-state index contributed by atoms with van der Waals surface area (Å²) in [5.41, 5.74) is 5.51. The van der Waals surface area contributed by atoms with Crippen LogP contribution in [0.5, 0.6) is 0 Å². The van der Waals surface area contributed by atoms with Gasteiger partial charge in [0, 0.05) is 6.54 Å². The smallest absolute Gasteiger partial charge is 0.231 e. The average molecular weight is 227 g/mol. The second-order valence-electron chi connectivity index (χ2n) is 4.79. The first-order valence-electron chi connectivity index (χ1n) is 5.81. The third-order valence-corrected chi connectivity index (χ3v) is 3.17. The number of oxime groups is 1. The fourth-order valence-electron chi connectivity index (χ4n) is 1.89. The third kappa shape index (κ3) is 3.12. The van der Waals surface area contributed by atoms with Crippen molar-refractivity contribution in [2.75, 3.05) is 6.54 Å². The third-order valence-electron chi connectivity index (χ3n) is 3.17. The molecule has 1 fully saturated rings. The van der Waals surface area contributed by atoms with Crippen LogP contribution in [0.3, 0.4) is 0 Å². The first kappa shape index (κ1) is 12.8. The normalized spacial score (nSPS) is 19.3. The monoisotopic (exact) mass is 227 g/mol. The largest absolute Gasteiger partial charge is 0.409 e. The molecule has 92 valence electrons. The predicted molar refractivity (Wildman–Crippen MR) is 62.1 cm³/mol. The van der Waals surface area contributed by atoms with E-state index in [2.05, 4.69) is 10.5 Å². The molecule has 5 heteroatoms. The molecular formula is C11H21N3O2. The lowest BCUT2D eigenvalue weighted by Crippen LogP contribution is -2.43. The molecule has 1 rings (SSSR count). The Labute approximate surface area is 96.1 Å². The molecule has 1 atom stereocenters. The highest BCUT2D eigenvalue weighted by Gasteiger charge is 2.27. The summed E-state index contributed by atoms with van der Waals surface area (Å²) in [6, 6.07) is 0. The molecule has 1 aliphatic rings. The van der Waals surface area contributed by atoms with E-state index in [4.69, 9.17) is 10.9 Å². The lowest BCUT2D eigenvalue weighted by atomic mass is 9.85. The molecule has 0 heterocycles. The Morgan fingerprint density at radius 1 is 1.56 bits per heavy atom. The van der Waals surface area contributed by atoms with Gasteiger partial charge in [-0.05, 0) is 24.7 Å². The molecule has 16 heavy (non-hydrogen) atoms. The summed E-state index contributed by atoms with van der Waals surface area (Å²) in [6.07, 6.45) is 3.64. The van der Waals surface area contributed by atoms with Crippen LogP contribution in [-0.2, 0) is 4.79 Å². The summed E-state index contributed by atoms with van der Waals surface area (Å²) in [5, 5.41) is 14.4. The Bertz CT molecular complexity index is 272. The number of nitrogens with zero attached hydrogens (tertiary/aromatic N) is 1. The first-order chi connectivity index (χ1) is 7.56. The second kappa shape index (κ2) is 5.72. The molecule has 0 aromatic rings. The summed E-state index contributed by atoms with van der Waals surface area (Å²) in [5.74, 6) is -0.0512. The number of hydrogen-bond donors (Lipinski definition) is 3. The second-order valence-corrected chi connectivity index (χ2v) is 4.79. The van der Waals surface area contributed by atoms with Crippen molar-refractivity contribution in [3.8, 4) is 0 Å². The maximum Gasteiger partial charge on any atom is 0.231 e. The van der Waals surface area contributed by atoms with Gasteiger partial charge in [0.05, 0.1) is 0 Å². The van der Waals surface area contributed by atoms with Gasteiger partial charge in [-0.3, -0.25) is 4.79 Å². The van der Waals surface area contributed by atoms with Crippen LogP contribution in [-0.4, -0.2) is 23.5 Å². The quantitative estimate of drug-likeness (QED) is 0.282. The van der Waals surface area contributed by atoms with Gasteiger partial charge in [-0.2, -0.15) is 0 Å². The van der Waals surface area contributed by atoms with Crippen LogP contribution >= 0.6 is 0 Å². The van der Waals surface area contributed by atoms with E-state index >= 15 is 0 Å². The molecule has 0 aromatic heterocycles. The zero-order valence-electron chi connectivity index (χ0n) is 9.94. The van der Waals surface area contributed by atoms with Gasteiger partial charge in [-0.15, -0.1) is 0 Å². The van der Waals surface area contributed by atoms with Crippen LogP contribution in [0, 0.1) is 17.8 Å². The number of rotatable bonds is 5. The molecule has 0 aromatic carbocycles. The van der Waals surface area contributed by atoms with Gasteiger partial charge in [0.2, 0.25) is 5.91 Å². The van der Waals surface area contributed by atoms with E-state index in [9.17, 15) is 4.79 Å². The highest BCUT2D eigenvalue weighted by Crippen LogP contribution is 2.25. The van der Waals surface area contributed by atoms with Gasteiger partial charge >= 0.3 is 0 Å². The van der Waals surface area contributed by atoms with Crippen molar-refractivity contribution in [1.29, 1.82) is 0 Å².